The van der Waals surface area contributed by atoms with Crippen LogP contribution in [-0.2, 0) is 8.77 Å². The van der Waals surface area contributed by atoms with Crippen LogP contribution in [0, 0.1) is 13.8 Å². The number of hydrogen-bond acceptors (Lipinski definition) is 3. The molecule has 2 heterocycles. The van der Waals surface area contributed by atoms with Crippen molar-refractivity contribution in [2.75, 3.05) is 0 Å². The molecule has 0 saturated heterocycles. The maximum atomic E-state index is 4.93. The first-order valence-corrected chi connectivity index (χ1v) is 12.5. The van der Waals surface area contributed by atoms with Gasteiger partial charge >= 0.3 is 0 Å². The molecule has 144 valence electrons. The van der Waals surface area contributed by atoms with Crippen LogP contribution in [0.5, 0.6) is 0 Å². The van der Waals surface area contributed by atoms with Crippen LogP contribution in [0.2, 0.25) is 0 Å². The van der Waals surface area contributed by atoms with Crippen molar-refractivity contribution < 1.29 is 0 Å². The molecule has 0 N–H and O–H groups in total. The number of halogens is 4. The van der Waals surface area contributed by atoms with Crippen LogP contribution in [-0.4, -0.2) is 8.91 Å². The molecule has 0 radical (unpaired) electrons. The Balaban J connectivity index is 2.03. The van der Waals surface area contributed by atoms with Gasteiger partial charge in [-0.05, 0) is 25.0 Å². The third kappa shape index (κ3) is 2.92. The molecule has 0 aliphatic carbocycles. The van der Waals surface area contributed by atoms with Crippen LogP contribution in [0.3, 0.4) is 0 Å². The summed E-state index contributed by atoms with van der Waals surface area (Å²) >= 11 is 17.8. The molecule has 28 heavy (non-hydrogen) atoms. The Hall–Kier alpha value is -0.470. The van der Waals surface area contributed by atoms with Gasteiger partial charge in [-0.2, -0.15) is 0 Å². The summed E-state index contributed by atoms with van der Waals surface area (Å²) in [5.74, 6) is 0. The molecule has 0 fully saturated rings. The van der Waals surface area contributed by atoms with E-state index in [4.69, 9.17) is 4.98 Å². The first kappa shape index (κ1) is 20.8. The van der Waals surface area contributed by atoms with Crippen molar-refractivity contribution in [1.29, 1.82) is 0 Å². The summed E-state index contributed by atoms with van der Waals surface area (Å²) in [6, 6.07) is 20.7. The predicted molar refractivity (Wildman–Crippen MR) is 132 cm³/mol. The summed E-state index contributed by atoms with van der Waals surface area (Å²) in [4.78, 5) is 6.14. The van der Waals surface area contributed by atoms with Gasteiger partial charge in [0.25, 0.3) is 0 Å². The molecule has 0 spiro atoms. The number of aryl methyl sites for hydroxylation is 2. The molecule has 7 heteroatoms. The predicted octanol–water partition coefficient (Wildman–Crippen LogP) is 7.99. The van der Waals surface area contributed by atoms with Gasteiger partial charge in [0.15, 0.2) is 4.45 Å². The summed E-state index contributed by atoms with van der Waals surface area (Å²) < 4.78 is 1.86. The highest BCUT2D eigenvalue weighted by Gasteiger charge is 2.64. The van der Waals surface area contributed by atoms with E-state index in [1.807, 2.05) is 24.3 Å². The van der Waals surface area contributed by atoms with Crippen molar-refractivity contribution in [2.45, 2.75) is 22.6 Å². The minimum atomic E-state index is -0.637. The summed E-state index contributed by atoms with van der Waals surface area (Å²) in [6.45, 7) is 4.17. The molecule has 2 nitrogen and oxygen atoms in total. The second-order valence-corrected chi connectivity index (χ2v) is 11.7. The van der Waals surface area contributed by atoms with Gasteiger partial charge in [-0.1, -0.05) is 108 Å². The summed E-state index contributed by atoms with van der Waals surface area (Å²) in [5, 5.41) is 0.991. The van der Waals surface area contributed by atoms with E-state index < -0.39 is 8.77 Å². The fourth-order valence-electron chi connectivity index (χ4n) is 3.35. The number of hydrogen-bond donors (Lipinski definition) is 0. The van der Waals surface area contributed by atoms with Crippen LogP contribution in [0.15, 0.2) is 65.1 Å². The average Bonchev–Trinajstić information content (AvgIpc) is 3.13. The Kier molecular flexibility index (Phi) is 5.68. The van der Waals surface area contributed by atoms with E-state index in [1.54, 1.807) is 11.3 Å². The topological polar surface area (TPSA) is 16.1 Å². The SMILES string of the molecule is Cc1nc(C2(Br)C(Br)=C(c3ccccc3)N(Br)C2(Br)c2ccccc2)sc1C. The fraction of sp³-hybridized carbons (Fsp3) is 0.190. The first-order valence-electron chi connectivity index (χ1n) is 8.61. The highest BCUT2D eigenvalue weighted by atomic mass is 79.9. The van der Waals surface area contributed by atoms with Crippen LogP contribution < -0.4 is 0 Å². The maximum absolute atomic E-state index is 4.93. The molecule has 4 rings (SSSR count). The number of thiazole rings is 1. The van der Waals surface area contributed by atoms with E-state index in [1.165, 1.54) is 4.88 Å². The molecule has 0 amide bonds. The van der Waals surface area contributed by atoms with E-state index >= 15 is 0 Å². The van der Waals surface area contributed by atoms with Crippen LogP contribution in [0.4, 0.5) is 0 Å². The van der Waals surface area contributed by atoms with Gasteiger partial charge in [0.05, 0.1) is 27.5 Å². The minimum Gasteiger partial charge on any atom is -0.284 e. The van der Waals surface area contributed by atoms with Crippen LogP contribution in [0.1, 0.15) is 26.7 Å². The molecule has 0 saturated carbocycles. The third-order valence-corrected chi connectivity index (χ3v) is 12.6. The van der Waals surface area contributed by atoms with Crippen molar-refractivity contribution in [3.63, 3.8) is 0 Å². The first-order chi connectivity index (χ1) is 13.3. The Morgan fingerprint density at radius 3 is 2.04 bits per heavy atom. The fourth-order valence-corrected chi connectivity index (χ4v) is 8.89. The van der Waals surface area contributed by atoms with Gasteiger partial charge in [0.2, 0.25) is 0 Å². The Bertz CT molecular complexity index is 1030. The van der Waals surface area contributed by atoms with Gasteiger partial charge < -0.3 is 0 Å². The van der Waals surface area contributed by atoms with Gasteiger partial charge in [0, 0.05) is 9.36 Å². The normalized spacial score (nSPS) is 24.9. The molecule has 1 aliphatic rings. The summed E-state index contributed by atoms with van der Waals surface area (Å²) in [6.07, 6.45) is 0. The van der Waals surface area contributed by atoms with E-state index in [2.05, 4.69) is 118 Å². The van der Waals surface area contributed by atoms with E-state index in [-0.39, 0.29) is 0 Å². The number of nitrogens with zero attached hydrogens (tertiary/aromatic N) is 2. The van der Waals surface area contributed by atoms with Crippen LogP contribution >= 0.6 is 75.3 Å². The van der Waals surface area contributed by atoms with E-state index in [0.717, 1.165) is 32.0 Å². The number of aromatic nitrogens is 1. The number of rotatable bonds is 3. The zero-order chi connectivity index (χ0) is 20.1. The van der Waals surface area contributed by atoms with Gasteiger partial charge in [-0.3, -0.25) is 3.93 Å². The Labute approximate surface area is 202 Å². The van der Waals surface area contributed by atoms with Crippen molar-refractivity contribution in [3.8, 4) is 0 Å². The Morgan fingerprint density at radius 1 is 0.929 bits per heavy atom. The largest absolute Gasteiger partial charge is 0.284 e. The molecule has 1 aromatic heterocycles. The van der Waals surface area contributed by atoms with Crippen molar-refractivity contribution in [1.82, 2.24) is 8.91 Å². The average molecular weight is 648 g/mol. The minimum absolute atomic E-state index is 0.625. The summed E-state index contributed by atoms with van der Waals surface area (Å²) in [5.41, 5.74) is 4.31. The highest BCUT2D eigenvalue weighted by molar-refractivity contribution is 9.15. The number of benzene rings is 2. The van der Waals surface area contributed by atoms with Crippen molar-refractivity contribution >= 4 is 81.0 Å². The maximum Gasteiger partial charge on any atom is 0.158 e. The summed E-state index contributed by atoms with van der Waals surface area (Å²) in [7, 11) is 0. The molecule has 0 bridgehead atoms. The van der Waals surface area contributed by atoms with Gasteiger partial charge in [-0.25, -0.2) is 4.98 Å². The number of alkyl halides is 2. The standard InChI is InChI=1S/C21H16Br4N2S/c1-13-14(2)28-19(26-13)20(23)18(22)17(15-9-5-3-6-10-15)27(25)21(20,24)16-11-7-4-8-12-16/h3-12H,1-2H3. The lowest BCUT2D eigenvalue weighted by atomic mass is 9.95. The zero-order valence-corrected chi connectivity index (χ0v) is 22.2. The lowest BCUT2D eigenvalue weighted by Gasteiger charge is -2.41. The highest BCUT2D eigenvalue weighted by Crippen LogP contribution is 2.69. The van der Waals surface area contributed by atoms with Crippen molar-refractivity contribution in [2.24, 2.45) is 0 Å². The van der Waals surface area contributed by atoms with E-state index in [9.17, 15) is 0 Å². The lowest BCUT2D eigenvalue weighted by molar-refractivity contribution is 0.415. The Morgan fingerprint density at radius 2 is 1.50 bits per heavy atom. The molecule has 2 unspecified atom stereocenters. The molecular formula is C21H16Br4N2S. The smallest absolute Gasteiger partial charge is 0.158 e. The lowest BCUT2D eigenvalue weighted by Crippen LogP contribution is -2.43. The second-order valence-electron chi connectivity index (χ2n) is 6.62. The zero-order valence-electron chi connectivity index (χ0n) is 15.1. The van der Waals surface area contributed by atoms with Gasteiger partial charge in [-0.15, -0.1) is 11.3 Å². The molecule has 1 aliphatic heterocycles. The molecule has 2 atom stereocenters. The van der Waals surface area contributed by atoms with Crippen molar-refractivity contribution in [3.05, 3.63) is 91.9 Å². The molecule has 2 aromatic carbocycles. The second kappa shape index (κ2) is 7.65. The quantitative estimate of drug-likeness (QED) is 0.163. The van der Waals surface area contributed by atoms with Gasteiger partial charge in [0.1, 0.15) is 9.33 Å². The van der Waals surface area contributed by atoms with Crippen LogP contribution in [0.25, 0.3) is 5.70 Å². The molecular weight excluding hydrogens is 632 g/mol. The molecule has 3 aromatic rings. The monoisotopic (exact) mass is 644 g/mol. The van der Waals surface area contributed by atoms with E-state index in [0.29, 0.717) is 0 Å². The third-order valence-electron chi connectivity index (χ3n) is 4.96.